The van der Waals surface area contributed by atoms with E-state index in [1.165, 1.54) is 0 Å². The fourth-order valence-electron chi connectivity index (χ4n) is 0.255. The van der Waals surface area contributed by atoms with Gasteiger partial charge in [0.2, 0.25) is 0 Å². The van der Waals surface area contributed by atoms with Crippen LogP contribution in [0.4, 0.5) is 0 Å². The smallest absolute Gasteiger partial charge is 0.121 e. The van der Waals surface area contributed by atoms with Crippen LogP contribution >= 0.6 is 35.0 Å². The molecule has 0 saturated carbocycles. The van der Waals surface area contributed by atoms with Crippen molar-refractivity contribution in [2.45, 2.75) is 12.8 Å². The van der Waals surface area contributed by atoms with Gasteiger partial charge < -0.3 is 0 Å². The van der Waals surface area contributed by atoms with Crippen LogP contribution in [0.2, 0.25) is 0 Å². The predicted molar refractivity (Wildman–Crippen MR) is 42.0 cm³/mol. The lowest BCUT2D eigenvalue weighted by atomic mass is 10.3. The van der Waals surface area contributed by atoms with Gasteiger partial charge in [-0.3, -0.25) is 5.41 Å². The highest BCUT2D eigenvalue weighted by Gasteiger charge is 1.95. The second kappa shape index (κ2) is 5.03. The van der Waals surface area contributed by atoms with Crippen molar-refractivity contribution in [3.8, 4) is 0 Å². The van der Waals surface area contributed by atoms with Crippen LogP contribution < -0.4 is 0 Å². The van der Waals surface area contributed by atoms with E-state index in [0.717, 1.165) is 0 Å². The first kappa shape index (κ1) is 9.21. The number of rotatable bonds is 3. The molecule has 0 unspecified atom stereocenters. The molecule has 0 rings (SSSR count). The van der Waals surface area contributed by atoms with Gasteiger partial charge in [0.1, 0.15) is 5.17 Å². The molecule has 0 aromatic rings. The van der Waals surface area contributed by atoms with E-state index >= 15 is 0 Å². The summed E-state index contributed by atoms with van der Waals surface area (Å²) < 4.78 is 3.16. The van der Waals surface area contributed by atoms with Crippen LogP contribution in [0.15, 0.2) is 4.51 Å². The van der Waals surface area contributed by atoms with E-state index in [2.05, 4.69) is 4.51 Å². The third kappa shape index (κ3) is 6.09. The van der Waals surface area contributed by atoms with Gasteiger partial charge in [0, 0.05) is 24.6 Å². The molecule has 0 fully saturated rings. The van der Waals surface area contributed by atoms with Crippen molar-refractivity contribution in [2.75, 3.05) is 0 Å². The zero-order chi connectivity index (χ0) is 7.28. The monoisotopic (exact) mass is 186 g/mol. The highest BCUT2D eigenvalue weighted by Crippen LogP contribution is 2.02. The van der Waals surface area contributed by atoms with Gasteiger partial charge in [-0.25, -0.2) is 0 Å². The van der Waals surface area contributed by atoms with Gasteiger partial charge in [-0.05, 0) is 0 Å². The molecule has 2 nitrogen and oxygen atoms in total. The summed E-state index contributed by atoms with van der Waals surface area (Å²) in [5.41, 5.74) is 0. The molecule has 0 heterocycles. The van der Waals surface area contributed by atoms with Gasteiger partial charge in [-0.1, -0.05) is 23.2 Å². The van der Waals surface area contributed by atoms with Gasteiger partial charge in [-0.2, -0.15) is 4.51 Å². The zero-order valence-electron chi connectivity index (χ0n) is 4.50. The molecule has 0 aliphatic heterocycles. The molecule has 0 aromatic carbocycles. The van der Waals surface area contributed by atoms with Crippen LogP contribution in [0, 0.1) is 5.41 Å². The molecular formula is C4H5Cl3N2. The summed E-state index contributed by atoms with van der Waals surface area (Å²) in [6.45, 7) is 0. The van der Waals surface area contributed by atoms with E-state index in [1.54, 1.807) is 0 Å². The van der Waals surface area contributed by atoms with Crippen molar-refractivity contribution >= 4 is 45.3 Å². The lowest BCUT2D eigenvalue weighted by Crippen LogP contribution is -1.90. The normalized spacial score (nSPS) is 11.7. The minimum Gasteiger partial charge on any atom is -0.293 e. The largest absolute Gasteiger partial charge is 0.293 e. The molecule has 0 aliphatic rings. The van der Waals surface area contributed by atoms with Crippen molar-refractivity contribution in [1.82, 2.24) is 0 Å². The van der Waals surface area contributed by atoms with E-state index in [1.807, 2.05) is 0 Å². The highest BCUT2D eigenvalue weighted by atomic mass is 35.5. The Morgan fingerprint density at radius 1 is 1.33 bits per heavy atom. The minimum atomic E-state index is 0.0634. The summed E-state index contributed by atoms with van der Waals surface area (Å²) >= 11 is 15.6. The van der Waals surface area contributed by atoms with Crippen LogP contribution in [-0.2, 0) is 0 Å². The molecule has 0 aliphatic carbocycles. The Bertz CT molecular complexity index is 132. The summed E-state index contributed by atoms with van der Waals surface area (Å²) in [4.78, 5) is 0. The van der Waals surface area contributed by atoms with Gasteiger partial charge >= 0.3 is 0 Å². The first-order valence-corrected chi connectivity index (χ1v) is 3.32. The van der Waals surface area contributed by atoms with Crippen LogP contribution in [-0.4, -0.2) is 10.3 Å². The summed E-state index contributed by atoms with van der Waals surface area (Å²) in [5, 5.41) is 7.11. The van der Waals surface area contributed by atoms with Crippen molar-refractivity contribution in [2.24, 2.45) is 4.51 Å². The van der Waals surface area contributed by atoms with E-state index in [4.69, 9.17) is 40.4 Å². The molecule has 52 valence electrons. The number of hydrogen-bond donors (Lipinski definition) is 1. The van der Waals surface area contributed by atoms with Crippen LogP contribution in [0.25, 0.3) is 0 Å². The molecule has 9 heavy (non-hydrogen) atoms. The Hall–Kier alpha value is 0.210. The van der Waals surface area contributed by atoms with Crippen molar-refractivity contribution in [3.05, 3.63) is 0 Å². The van der Waals surface area contributed by atoms with E-state index in [9.17, 15) is 0 Å². The number of nitrogens with one attached hydrogen (secondary N) is 1. The molecule has 1 N–H and O–H groups in total. The lowest BCUT2D eigenvalue weighted by Gasteiger charge is -1.90. The van der Waals surface area contributed by atoms with Crippen molar-refractivity contribution in [3.63, 3.8) is 0 Å². The quantitative estimate of drug-likeness (QED) is 0.660. The van der Waals surface area contributed by atoms with Crippen molar-refractivity contribution < 1.29 is 0 Å². The highest BCUT2D eigenvalue weighted by molar-refractivity contribution is 6.68. The second-order valence-corrected chi connectivity index (χ2v) is 2.43. The van der Waals surface area contributed by atoms with E-state index in [0.29, 0.717) is 12.8 Å². The topological polar surface area (TPSA) is 36.2 Å². The Kier molecular flexibility index (Phi) is 5.15. The summed E-state index contributed by atoms with van der Waals surface area (Å²) in [7, 11) is 0. The Morgan fingerprint density at radius 3 is 2.22 bits per heavy atom. The third-order valence-electron chi connectivity index (χ3n) is 0.642. The van der Waals surface area contributed by atoms with E-state index < -0.39 is 0 Å². The second-order valence-electron chi connectivity index (χ2n) is 1.37. The number of nitrogens with zero attached hydrogens (tertiary/aromatic N) is 1. The van der Waals surface area contributed by atoms with E-state index in [-0.39, 0.29) is 10.3 Å². The molecular weight excluding hydrogens is 182 g/mol. The molecule has 0 saturated heterocycles. The first-order valence-electron chi connectivity index (χ1n) is 2.23. The Labute approximate surface area is 68.4 Å². The molecule has 0 atom stereocenters. The van der Waals surface area contributed by atoms with Gasteiger partial charge in [0.25, 0.3) is 0 Å². The maximum absolute atomic E-state index is 6.77. The average Bonchev–Trinajstić information content (AvgIpc) is 1.83. The lowest BCUT2D eigenvalue weighted by molar-refractivity contribution is 1.17. The fraction of sp³-hybridized carbons (Fsp3) is 0.500. The standard InChI is InChI=1S/C4H5Cl3N2/c5-3(8)1-2-4(6)9-7/h8H,1-2H2. The molecule has 0 radical (unpaired) electrons. The maximum atomic E-state index is 6.77. The minimum absolute atomic E-state index is 0.0634. The summed E-state index contributed by atoms with van der Waals surface area (Å²) in [5.74, 6) is 0. The van der Waals surface area contributed by atoms with Crippen molar-refractivity contribution in [1.29, 1.82) is 5.41 Å². The molecule has 0 spiro atoms. The maximum Gasteiger partial charge on any atom is 0.121 e. The van der Waals surface area contributed by atoms with Gasteiger partial charge in [0.15, 0.2) is 0 Å². The van der Waals surface area contributed by atoms with Crippen LogP contribution in [0.1, 0.15) is 12.8 Å². The summed E-state index contributed by atoms with van der Waals surface area (Å²) in [6.07, 6.45) is 0.837. The first-order chi connectivity index (χ1) is 4.16. The number of halogens is 3. The zero-order valence-corrected chi connectivity index (χ0v) is 6.76. The SMILES string of the molecule is N=C(Cl)CCC(Cl)=NCl. The fourth-order valence-corrected chi connectivity index (χ4v) is 0.529. The molecule has 0 amide bonds. The van der Waals surface area contributed by atoms with Gasteiger partial charge in [0.05, 0.1) is 5.17 Å². The summed E-state index contributed by atoms with van der Waals surface area (Å²) in [6, 6.07) is 0. The molecule has 0 bridgehead atoms. The number of hydrogen-bond acceptors (Lipinski definition) is 2. The third-order valence-corrected chi connectivity index (χ3v) is 1.40. The van der Waals surface area contributed by atoms with Gasteiger partial charge in [-0.15, -0.1) is 0 Å². The van der Waals surface area contributed by atoms with Crippen LogP contribution in [0.3, 0.4) is 0 Å². The van der Waals surface area contributed by atoms with Crippen LogP contribution in [0.5, 0.6) is 0 Å². The predicted octanol–water partition coefficient (Wildman–Crippen LogP) is 2.77. The molecule has 0 aromatic heterocycles. The Morgan fingerprint density at radius 2 is 1.89 bits per heavy atom. The molecule has 5 heteroatoms. The average molecular weight is 187 g/mol. The Balaban J connectivity index is 3.39.